The highest BCUT2D eigenvalue weighted by atomic mass is 19.1. The zero-order valence-electron chi connectivity index (χ0n) is 12.5. The second kappa shape index (κ2) is 6.64. The largest absolute Gasteiger partial charge is 0.317 e. The number of rotatable bonds is 4. The Hall–Kier alpha value is -1.00. The summed E-state index contributed by atoms with van der Waals surface area (Å²) >= 11 is 0. The molecular formula is C16H24F2N2. The van der Waals surface area contributed by atoms with Crippen molar-refractivity contribution in [2.75, 3.05) is 26.7 Å². The van der Waals surface area contributed by atoms with Gasteiger partial charge in [-0.2, -0.15) is 0 Å². The fourth-order valence-corrected chi connectivity index (χ4v) is 2.85. The Labute approximate surface area is 120 Å². The maximum Gasteiger partial charge on any atom is 0.128 e. The molecule has 0 saturated carbocycles. The van der Waals surface area contributed by atoms with E-state index in [1.54, 1.807) is 6.92 Å². The molecule has 1 N–H and O–H groups in total. The Bertz CT molecular complexity index is 456. The van der Waals surface area contributed by atoms with Crippen LogP contribution in [-0.2, 0) is 0 Å². The Balaban J connectivity index is 2.05. The fourth-order valence-electron chi connectivity index (χ4n) is 2.85. The molecule has 1 aromatic carbocycles. The highest BCUT2D eigenvalue weighted by molar-refractivity contribution is 5.27. The Morgan fingerprint density at radius 3 is 2.55 bits per heavy atom. The number of nitrogens with one attached hydrogen (secondary N) is 1. The molecule has 1 atom stereocenters. The van der Waals surface area contributed by atoms with E-state index in [2.05, 4.69) is 10.2 Å². The lowest BCUT2D eigenvalue weighted by Crippen LogP contribution is -2.35. The third kappa shape index (κ3) is 3.55. The van der Waals surface area contributed by atoms with Gasteiger partial charge in [-0.1, -0.05) is 0 Å². The highest BCUT2D eigenvalue weighted by Crippen LogP contribution is 2.26. The number of hydrogen-bond donors (Lipinski definition) is 1. The van der Waals surface area contributed by atoms with E-state index in [0.29, 0.717) is 17.0 Å². The quantitative estimate of drug-likeness (QED) is 0.912. The van der Waals surface area contributed by atoms with Gasteiger partial charge in [-0.25, -0.2) is 8.78 Å². The summed E-state index contributed by atoms with van der Waals surface area (Å²) in [6, 6.07) is 2.52. The molecule has 0 radical (unpaired) electrons. The van der Waals surface area contributed by atoms with Gasteiger partial charge in [0.05, 0.1) is 0 Å². The molecule has 0 aromatic heterocycles. The van der Waals surface area contributed by atoms with Crippen molar-refractivity contribution in [2.45, 2.75) is 32.7 Å². The van der Waals surface area contributed by atoms with Crippen LogP contribution in [0.25, 0.3) is 0 Å². The second-order valence-electron chi connectivity index (χ2n) is 5.93. The zero-order valence-corrected chi connectivity index (χ0v) is 12.5. The van der Waals surface area contributed by atoms with Gasteiger partial charge in [0.1, 0.15) is 11.6 Å². The molecule has 1 unspecified atom stereocenters. The van der Waals surface area contributed by atoms with Crippen molar-refractivity contribution in [3.8, 4) is 0 Å². The van der Waals surface area contributed by atoms with Gasteiger partial charge in [0.15, 0.2) is 0 Å². The average molecular weight is 282 g/mol. The van der Waals surface area contributed by atoms with Crippen LogP contribution >= 0.6 is 0 Å². The molecule has 1 fully saturated rings. The number of aryl methyl sites for hydroxylation is 1. The molecule has 1 aromatic rings. The second-order valence-corrected chi connectivity index (χ2v) is 5.93. The molecule has 1 saturated heterocycles. The molecule has 2 rings (SSSR count). The van der Waals surface area contributed by atoms with Gasteiger partial charge in [-0.15, -0.1) is 0 Å². The molecule has 20 heavy (non-hydrogen) atoms. The number of piperidine rings is 1. The minimum absolute atomic E-state index is 0.111. The van der Waals surface area contributed by atoms with E-state index >= 15 is 0 Å². The van der Waals surface area contributed by atoms with Gasteiger partial charge in [0.2, 0.25) is 0 Å². The van der Waals surface area contributed by atoms with Crippen molar-refractivity contribution < 1.29 is 8.78 Å². The Kier molecular flexibility index (Phi) is 5.11. The summed E-state index contributed by atoms with van der Waals surface area (Å²) in [5.74, 6) is -0.000802. The summed E-state index contributed by atoms with van der Waals surface area (Å²) in [6.45, 7) is 6.57. The first-order valence-corrected chi connectivity index (χ1v) is 7.35. The lowest BCUT2D eigenvalue weighted by Gasteiger charge is -2.31. The van der Waals surface area contributed by atoms with Crippen LogP contribution in [0.2, 0.25) is 0 Å². The summed E-state index contributed by atoms with van der Waals surface area (Å²) in [5.41, 5.74) is 0.809. The number of hydrogen-bond acceptors (Lipinski definition) is 2. The van der Waals surface area contributed by atoms with Crippen LogP contribution in [0, 0.1) is 24.5 Å². The van der Waals surface area contributed by atoms with Gasteiger partial charge in [0.25, 0.3) is 0 Å². The molecule has 4 heteroatoms. The molecule has 0 amide bonds. The van der Waals surface area contributed by atoms with Gasteiger partial charge < -0.3 is 5.32 Å². The van der Waals surface area contributed by atoms with Gasteiger partial charge in [0, 0.05) is 18.2 Å². The van der Waals surface area contributed by atoms with Crippen LogP contribution in [0.5, 0.6) is 0 Å². The van der Waals surface area contributed by atoms with Crippen LogP contribution in [0.3, 0.4) is 0 Å². The minimum atomic E-state index is -0.330. The lowest BCUT2D eigenvalue weighted by molar-refractivity contribution is 0.193. The maximum atomic E-state index is 14.0. The molecule has 2 nitrogen and oxygen atoms in total. The first kappa shape index (κ1) is 15.4. The molecule has 0 spiro atoms. The monoisotopic (exact) mass is 282 g/mol. The van der Waals surface area contributed by atoms with E-state index < -0.39 is 0 Å². The first-order valence-electron chi connectivity index (χ1n) is 7.35. The fraction of sp³-hybridized carbons (Fsp3) is 0.625. The van der Waals surface area contributed by atoms with E-state index in [1.807, 2.05) is 14.0 Å². The number of nitrogens with zero attached hydrogens (tertiary/aromatic N) is 1. The van der Waals surface area contributed by atoms with Crippen molar-refractivity contribution >= 4 is 0 Å². The molecule has 1 heterocycles. The summed E-state index contributed by atoms with van der Waals surface area (Å²) in [4.78, 5) is 2.13. The normalized spacial score (nSPS) is 18.5. The van der Waals surface area contributed by atoms with E-state index in [-0.39, 0.29) is 17.7 Å². The third-order valence-electron chi connectivity index (χ3n) is 4.39. The van der Waals surface area contributed by atoms with Crippen LogP contribution in [0.1, 0.15) is 36.9 Å². The van der Waals surface area contributed by atoms with Crippen molar-refractivity contribution in [2.24, 2.45) is 5.92 Å². The van der Waals surface area contributed by atoms with E-state index in [0.717, 1.165) is 32.5 Å². The van der Waals surface area contributed by atoms with Crippen LogP contribution in [-0.4, -0.2) is 31.6 Å². The van der Waals surface area contributed by atoms with Crippen LogP contribution in [0.15, 0.2) is 12.1 Å². The third-order valence-corrected chi connectivity index (χ3v) is 4.39. The smallest absolute Gasteiger partial charge is 0.128 e. The minimum Gasteiger partial charge on any atom is -0.317 e. The van der Waals surface area contributed by atoms with Crippen LogP contribution in [0.4, 0.5) is 8.78 Å². The molecule has 1 aliphatic heterocycles. The van der Waals surface area contributed by atoms with Crippen molar-refractivity contribution in [1.29, 1.82) is 0 Å². The number of halogens is 2. The first-order chi connectivity index (χ1) is 9.49. The maximum absolute atomic E-state index is 14.0. The number of benzene rings is 1. The lowest BCUT2D eigenvalue weighted by atomic mass is 9.96. The SMILES string of the molecule is Cc1cc(F)c(C(C)N(C)CC2CCNCC2)cc1F. The molecule has 0 aliphatic carbocycles. The van der Waals surface area contributed by atoms with Gasteiger partial charge in [-0.3, -0.25) is 4.90 Å². The summed E-state index contributed by atoms with van der Waals surface area (Å²) < 4.78 is 27.7. The van der Waals surface area contributed by atoms with E-state index in [9.17, 15) is 8.78 Å². The van der Waals surface area contributed by atoms with Gasteiger partial charge >= 0.3 is 0 Å². The zero-order chi connectivity index (χ0) is 14.7. The predicted molar refractivity (Wildman–Crippen MR) is 77.7 cm³/mol. The summed E-state index contributed by atoms with van der Waals surface area (Å²) in [6.07, 6.45) is 2.31. The predicted octanol–water partition coefficient (Wildman–Crippen LogP) is 3.27. The van der Waals surface area contributed by atoms with Crippen molar-refractivity contribution in [3.05, 3.63) is 34.9 Å². The van der Waals surface area contributed by atoms with E-state index in [1.165, 1.54) is 12.1 Å². The topological polar surface area (TPSA) is 15.3 Å². The summed E-state index contributed by atoms with van der Waals surface area (Å²) in [5, 5.41) is 3.34. The molecular weight excluding hydrogens is 258 g/mol. The van der Waals surface area contributed by atoms with E-state index in [4.69, 9.17) is 0 Å². The molecule has 1 aliphatic rings. The Morgan fingerprint density at radius 2 is 1.90 bits per heavy atom. The summed E-state index contributed by atoms with van der Waals surface area (Å²) in [7, 11) is 1.99. The van der Waals surface area contributed by atoms with Crippen molar-refractivity contribution in [3.63, 3.8) is 0 Å². The van der Waals surface area contributed by atoms with Gasteiger partial charge in [-0.05, 0) is 70.4 Å². The van der Waals surface area contributed by atoms with Crippen LogP contribution < -0.4 is 5.32 Å². The highest BCUT2D eigenvalue weighted by Gasteiger charge is 2.21. The molecule has 112 valence electrons. The molecule has 0 bridgehead atoms. The standard InChI is InChI=1S/C16H24F2N2/c1-11-8-16(18)14(9-15(11)17)12(2)20(3)10-13-4-6-19-7-5-13/h8-9,12-13,19H,4-7,10H2,1-3H3. The van der Waals surface area contributed by atoms with Crippen molar-refractivity contribution in [1.82, 2.24) is 10.2 Å². The Morgan fingerprint density at radius 1 is 1.25 bits per heavy atom. The average Bonchev–Trinajstić information content (AvgIpc) is 2.43.